The van der Waals surface area contributed by atoms with E-state index in [0.29, 0.717) is 11.4 Å². The molecule has 1 fully saturated rings. The van der Waals surface area contributed by atoms with Crippen molar-refractivity contribution in [3.8, 4) is 11.5 Å². The van der Waals surface area contributed by atoms with Crippen molar-refractivity contribution in [3.63, 3.8) is 0 Å². The van der Waals surface area contributed by atoms with Gasteiger partial charge in [-0.05, 0) is 25.5 Å². The largest absolute Gasteiger partial charge is 0.334 e. The summed E-state index contributed by atoms with van der Waals surface area (Å²) in [6, 6.07) is 6.38. The lowest BCUT2D eigenvalue weighted by atomic mass is 9.99. The van der Waals surface area contributed by atoms with E-state index < -0.39 is 4.92 Å². The third-order valence-electron chi connectivity index (χ3n) is 3.43. The minimum Gasteiger partial charge on any atom is -0.334 e. The molecule has 1 atom stereocenters. The summed E-state index contributed by atoms with van der Waals surface area (Å²) < 4.78 is 5.20. The van der Waals surface area contributed by atoms with Crippen LogP contribution in [0.15, 0.2) is 28.8 Å². The van der Waals surface area contributed by atoms with Gasteiger partial charge in [0, 0.05) is 18.5 Å². The number of nitro benzene ring substituents is 1. The van der Waals surface area contributed by atoms with Crippen LogP contribution in [0.5, 0.6) is 0 Å². The van der Waals surface area contributed by atoms with Gasteiger partial charge in [-0.1, -0.05) is 17.3 Å². The van der Waals surface area contributed by atoms with E-state index >= 15 is 0 Å². The maximum absolute atomic E-state index is 11.0. The van der Waals surface area contributed by atoms with Crippen LogP contribution in [0.3, 0.4) is 0 Å². The Labute approximate surface area is 115 Å². The zero-order valence-corrected chi connectivity index (χ0v) is 10.8. The summed E-state index contributed by atoms with van der Waals surface area (Å²) >= 11 is 0. The molecule has 1 saturated heterocycles. The molecule has 0 amide bonds. The number of rotatable bonds is 3. The third kappa shape index (κ3) is 2.39. The van der Waals surface area contributed by atoms with Gasteiger partial charge in [0.15, 0.2) is 5.82 Å². The SMILES string of the molecule is O=[N+]([O-])c1ccccc1-c1nc(C2CCCNC2)no1. The molecule has 2 aromatic rings. The van der Waals surface area contributed by atoms with E-state index in [2.05, 4.69) is 15.5 Å². The number of piperidine rings is 1. The van der Waals surface area contributed by atoms with E-state index in [4.69, 9.17) is 4.52 Å². The minimum atomic E-state index is -0.443. The van der Waals surface area contributed by atoms with Crippen LogP contribution in [-0.2, 0) is 0 Å². The Bertz CT molecular complexity index is 620. The second kappa shape index (κ2) is 5.38. The topological polar surface area (TPSA) is 94.1 Å². The number of para-hydroxylation sites is 1. The van der Waals surface area contributed by atoms with Crippen LogP contribution >= 0.6 is 0 Å². The minimum absolute atomic E-state index is 0.0236. The van der Waals surface area contributed by atoms with Crippen molar-refractivity contribution in [3.05, 3.63) is 40.2 Å². The highest BCUT2D eigenvalue weighted by Crippen LogP contribution is 2.30. The van der Waals surface area contributed by atoms with E-state index in [0.717, 1.165) is 25.9 Å². The first kappa shape index (κ1) is 12.7. The molecule has 0 aliphatic carbocycles. The van der Waals surface area contributed by atoms with Gasteiger partial charge in [-0.25, -0.2) is 0 Å². The van der Waals surface area contributed by atoms with E-state index in [1.54, 1.807) is 18.2 Å². The van der Waals surface area contributed by atoms with E-state index in [9.17, 15) is 10.1 Å². The molecule has 104 valence electrons. The zero-order chi connectivity index (χ0) is 13.9. The Hall–Kier alpha value is -2.28. The molecule has 0 bridgehead atoms. The van der Waals surface area contributed by atoms with Crippen molar-refractivity contribution in [2.24, 2.45) is 0 Å². The van der Waals surface area contributed by atoms with Gasteiger partial charge in [0.2, 0.25) is 0 Å². The third-order valence-corrected chi connectivity index (χ3v) is 3.43. The summed E-state index contributed by atoms with van der Waals surface area (Å²) in [5.41, 5.74) is 0.337. The standard InChI is InChI=1S/C13H14N4O3/c18-17(19)11-6-2-1-5-10(11)13-15-12(16-20-13)9-4-3-7-14-8-9/h1-2,5-6,9,14H,3-4,7-8H2. The molecule has 2 heterocycles. The molecule has 3 rings (SSSR count). The maximum Gasteiger partial charge on any atom is 0.282 e. The number of aromatic nitrogens is 2. The van der Waals surface area contributed by atoms with Gasteiger partial charge < -0.3 is 9.84 Å². The summed E-state index contributed by atoms with van der Waals surface area (Å²) in [6.07, 6.45) is 2.07. The van der Waals surface area contributed by atoms with Crippen LogP contribution < -0.4 is 5.32 Å². The van der Waals surface area contributed by atoms with Crippen LogP contribution in [-0.4, -0.2) is 28.2 Å². The normalized spacial score (nSPS) is 18.9. The Morgan fingerprint density at radius 2 is 2.25 bits per heavy atom. The van der Waals surface area contributed by atoms with Crippen molar-refractivity contribution in [2.45, 2.75) is 18.8 Å². The van der Waals surface area contributed by atoms with Gasteiger partial charge in [-0.2, -0.15) is 4.98 Å². The summed E-state index contributed by atoms with van der Waals surface area (Å²) in [7, 11) is 0. The summed E-state index contributed by atoms with van der Waals surface area (Å²) in [5.74, 6) is 1.03. The summed E-state index contributed by atoms with van der Waals surface area (Å²) in [5, 5.41) is 18.3. The van der Waals surface area contributed by atoms with Crippen molar-refractivity contribution >= 4 is 5.69 Å². The molecule has 1 unspecified atom stereocenters. The van der Waals surface area contributed by atoms with E-state index in [1.807, 2.05) is 0 Å². The van der Waals surface area contributed by atoms with Gasteiger partial charge in [-0.15, -0.1) is 0 Å². The molecule has 1 aromatic carbocycles. The smallest absolute Gasteiger partial charge is 0.282 e. The molecule has 20 heavy (non-hydrogen) atoms. The number of nitrogens with zero attached hydrogens (tertiary/aromatic N) is 3. The first-order valence-corrected chi connectivity index (χ1v) is 6.54. The average molecular weight is 274 g/mol. The molecule has 0 saturated carbocycles. The monoisotopic (exact) mass is 274 g/mol. The summed E-state index contributed by atoms with van der Waals surface area (Å²) in [6.45, 7) is 1.82. The second-order valence-corrected chi connectivity index (χ2v) is 4.78. The fraction of sp³-hybridized carbons (Fsp3) is 0.385. The van der Waals surface area contributed by atoms with E-state index in [-0.39, 0.29) is 17.5 Å². The zero-order valence-electron chi connectivity index (χ0n) is 10.8. The molecule has 1 N–H and O–H groups in total. The first-order valence-electron chi connectivity index (χ1n) is 6.54. The quantitative estimate of drug-likeness (QED) is 0.680. The van der Waals surface area contributed by atoms with Crippen LogP contribution in [0.1, 0.15) is 24.6 Å². The van der Waals surface area contributed by atoms with Gasteiger partial charge in [0.1, 0.15) is 5.56 Å². The number of hydrogen-bond donors (Lipinski definition) is 1. The van der Waals surface area contributed by atoms with Crippen LogP contribution in [0.25, 0.3) is 11.5 Å². The highest BCUT2D eigenvalue weighted by atomic mass is 16.6. The van der Waals surface area contributed by atoms with Crippen molar-refractivity contribution in [1.29, 1.82) is 0 Å². The number of hydrogen-bond acceptors (Lipinski definition) is 6. The van der Waals surface area contributed by atoms with Crippen molar-refractivity contribution in [2.75, 3.05) is 13.1 Å². The number of benzene rings is 1. The predicted octanol–water partition coefficient (Wildman–Crippen LogP) is 2.11. The molecule has 1 aliphatic heterocycles. The molecule has 0 radical (unpaired) electrons. The Balaban J connectivity index is 1.92. The van der Waals surface area contributed by atoms with Crippen molar-refractivity contribution in [1.82, 2.24) is 15.5 Å². The van der Waals surface area contributed by atoms with Crippen LogP contribution in [0.4, 0.5) is 5.69 Å². The van der Waals surface area contributed by atoms with E-state index in [1.165, 1.54) is 6.07 Å². The number of nitrogens with one attached hydrogen (secondary N) is 1. The van der Waals surface area contributed by atoms with Crippen LogP contribution in [0, 0.1) is 10.1 Å². The highest BCUT2D eigenvalue weighted by Gasteiger charge is 2.24. The molecule has 1 aromatic heterocycles. The molecule has 1 aliphatic rings. The highest BCUT2D eigenvalue weighted by molar-refractivity contribution is 5.66. The van der Waals surface area contributed by atoms with Gasteiger partial charge >= 0.3 is 0 Å². The average Bonchev–Trinajstić information content (AvgIpc) is 2.98. The lowest BCUT2D eigenvalue weighted by Crippen LogP contribution is -2.28. The fourth-order valence-corrected chi connectivity index (χ4v) is 2.40. The molecular weight excluding hydrogens is 260 g/mol. The Morgan fingerprint density at radius 3 is 3.00 bits per heavy atom. The van der Waals surface area contributed by atoms with Crippen LogP contribution in [0.2, 0.25) is 0 Å². The molecule has 0 spiro atoms. The van der Waals surface area contributed by atoms with Gasteiger partial charge in [0.25, 0.3) is 11.6 Å². The fourth-order valence-electron chi connectivity index (χ4n) is 2.40. The lowest BCUT2D eigenvalue weighted by Gasteiger charge is -2.19. The maximum atomic E-state index is 11.0. The molecule has 7 nitrogen and oxygen atoms in total. The Morgan fingerprint density at radius 1 is 1.40 bits per heavy atom. The molecular formula is C13H14N4O3. The predicted molar refractivity (Wildman–Crippen MR) is 71.2 cm³/mol. The van der Waals surface area contributed by atoms with Crippen molar-refractivity contribution < 1.29 is 9.45 Å². The summed E-state index contributed by atoms with van der Waals surface area (Å²) in [4.78, 5) is 14.9. The second-order valence-electron chi connectivity index (χ2n) is 4.78. The number of nitro groups is 1. The van der Waals surface area contributed by atoms with Gasteiger partial charge in [-0.3, -0.25) is 10.1 Å². The Kier molecular flexibility index (Phi) is 3.42. The lowest BCUT2D eigenvalue weighted by molar-refractivity contribution is -0.384. The first-order chi connectivity index (χ1) is 9.75. The molecule has 7 heteroatoms. The van der Waals surface area contributed by atoms with Gasteiger partial charge in [0.05, 0.1) is 4.92 Å².